The van der Waals surface area contributed by atoms with E-state index in [0.717, 1.165) is 21.2 Å². The zero-order valence-electron chi connectivity index (χ0n) is 17.1. The SMILES string of the molecule is Cc1ncc(CO)c(/C=N\NC(=O)c2ccc(CSc3nc4ccccc4s3)cc2)c1O. The highest BCUT2D eigenvalue weighted by Gasteiger charge is 2.10. The molecular weight excluding hydrogens is 444 g/mol. The molecule has 4 rings (SSSR count). The number of rotatable bonds is 7. The third-order valence-corrected chi connectivity index (χ3v) is 6.99. The molecule has 0 bridgehead atoms. The van der Waals surface area contributed by atoms with E-state index in [9.17, 15) is 15.0 Å². The molecular formula is C23H20N4O3S2. The van der Waals surface area contributed by atoms with Gasteiger partial charge in [0.15, 0.2) is 4.34 Å². The third kappa shape index (κ3) is 4.96. The number of hydrogen-bond acceptors (Lipinski definition) is 8. The quantitative estimate of drug-likeness (QED) is 0.214. The van der Waals surface area contributed by atoms with Gasteiger partial charge in [-0.1, -0.05) is 36.0 Å². The fourth-order valence-corrected chi connectivity index (χ4v) is 4.98. The van der Waals surface area contributed by atoms with Crippen LogP contribution in [-0.4, -0.2) is 32.3 Å². The molecule has 0 radical (unpaired) electrons. The van der Waals surface area contributed by atoms with Gasteiger partial charge in [-0.25, -0.2) is 10.4 Å². The van der Waals surface area contributed by atoms with Crippen molar-refractivity contribution in [1.82, 2.24) is 15.4 Å². The Bertz CT molecular complexity index is 1250. The number of thiazole rings is 1. The van der Waals surface area contributed by atoms with Crippen molar-refractivity contribution < 1.29 is 15.0 Å². The Labute approximate surface area is 192 Å². The predicted molar refractivity (Wildman–Crippen MR) is 127 cm³/mol. The summed E-state index contributed by atoms with van der Waals surface area (Å²) in [7, 11) is 0. The van der Waals surface area contributed by atoms with Gasteiger partial charge < -0.3 is 10.2 Å². The summed E-state index contributed by atoms with van der Waals surface area (Å²) in [5, 5.41) is 23.4. The minimum atomic E-state index is -0.373. The molecule has 0 spiro atoms. The van der Waals surface area contributed by atoms with E-state index in [4.69, 9.17) is 0 Å². The third-order valence-electron chi connectivity index (χ3n) is 4.74. The first kappa shape index (κ1) is 21.9. The van der Waals surface area contributed by atoms with Crippen LogP contribution in [0.3, 0.4) is 0 Å². The largest absolute Gasteiger partial charge is 0.505 e. The number of fused-ring (bicyclic) bond motifs is 1. The average molecular weight is 465 g/mol. The molecule has 2 aromatic carbocycles. The maximum Gasteiger partial charge on any atom is 0.271 e. The number of aromatic hydroxyl groups is 1. The van der Waals surface area contributed by atoms with E-state index in [0.29, 0.717) is 22.4 Å². The van der Waals surface area contributed by atoms with Crippen LogP contribution < -0.4 is 5.43 Å². The highest BCUT2D eigenvalue weighted by Crippen LogP contribution is 2.31. The van der Waals surface area contributed by atoms with Gasteiger partial charge in [0.1, 0.15) is 5.75 Å². The molecule has 0 aliphatic carbocycles. The van der Waals surface area contributed by atoms with Gasteiger partial charge in [-0.3, -0.25) is 9.78 Å². The Balaban J connectivity index is 1.36. The van der Waals surface area contributed by atoms with Gasteiger partial charge in [-0.05, 0) is 36.8 Å². The minimum Gasteiger partial charge on any atom is -0.505 e. The number of nitrogens with zero attached hydrogens (tertiary/aromatic N) is 3. The van der Waals surface area contributed by atoms with Crippen molar-refractivity contribution in [2.24, 2.45) is 5.10 Å². The zero-order valence-corrected chi connectivity index (χ0v) is 18.8. The number of aliphatic hydroxyl groups is 1. The van der Waals surface area contributed by atoms with E-state index in [2.05, 4.69) is 26.6 Å². The molecule has 0 fully saturated rings. The number of thioether (sulfide) groups is 1. The van der Waals surface area contributed by atoms with Gasteiger partial charge in [0, 0.05) is 28.6 Å². The summed E-state index contributed by atoms with van der Waals surface area (Å²) >= 11 is 3.34. The highest BCUT2D eigenvalue weighted by molar-refractivity contribution is 8.00. The molecule has 2 aromatic heterocycles. The fraction of sp³-hybridized carbons (Fsp3) is 0.130. The first-order chi connectivity index (χ1) is 15.5. The van der Waals surface area contributed by atoms with Crippen LogP contribution in [-0.2, 0) is 12.4 Å². The first-order valence-electron chi connectivity index (χ1n) is 9.74. The first-order valence-corrected chi connectivity index (χ1v) is 11.5. The summed E-state index contributed by atoms with van der Waals surface area (Å²) in [5.41, 5.74) is 6.15. The van der Waals surface area contributed by atoms with Crippen molar-refractivity contribution in [3.05, 3.63) is 82.7 Å². The summed E-state index contributed by atoms with van der Waals surface area (Å²) in [6.45, 7) is 1.34. The van der Waals surface area contributed by atoms with E-state index in [-0.39, 0.29) is 18.3 Å². The number of hydrazone groups is 1. The lowest BCUT2D eigenvalue weighted by atomic mass is 10.1. The lowest BCUT2D eigenvalue weighted by molar-refractivity contribution is 0.0955. The topological polar surface area (TPSA) is 108 Å². The van der Waals surface area contributed by atoms with Gasteiger partial charge in [0.25, 0.3) is 5.91 Å². The zero-order chi connectivity index (χ0) is 22.5. The smallest absolute Gasteiger partial charge is 0.271 e. The molecule has 1 amide bonds. The van der Waals surface area contributed by atoms with Gasteiger partial charge in [0.05, 0.1) is 28.7 Å². The van der Waals surface area contributed by atoms with Crippen molar-refractivity contribution in [1.29, 1.82) is 0 Å². The van der Waals surface area contributed by atoms with Crippen molar-refractivity contribution in [3.8, 4) is 5.75 Å². The maximum absolute atomic E-state index is 12.4. The van der Waals surface area contributed by atoms with Crippen molar-refractivity contribution in [2.75, 3.05) is 0 Å². The summed E-state index contributed by atoms with van der Waals surface area (Å²) in [6, 6.07) is 15.4. The Hall–Kier alpha value is -3.27. The minimum absolute atomic E-state index is 0.0791. The van der Waals surface area contributed by atoms with Crippen LogP contribution in [0.4, 0.5) is 0 Å². The number of hydrogen-bond donors (Lipinski definition) is 3. The molecule has 4 aromatic rings. The van der Waals surface area contributed by atoms with E-state index in [1.165, 1.54) is 17.1 Å². The summed E-state index contributed by atoms with van der Waals surface area (Å²) in [5.74, 6) is 0.303. The number of benzene rings is 2. The Morgan fingerprint density at radius 1 is 1.22 bits per heavy atom. The van der Waals surface area contributed by atoms with E-state index in [1.54, 1.807) is 42.2 Å². The average Bonchev–Trinajstić information content (AvgIpc) is 3.24. The molecule has 0 aliphatic heterocycles. The summed E-state index contributed by atoms with van der Waals surface area (Å²) in [6.07, 6.45) is 2.76. The molecule has 0 unspecified atom stereocenters. The van der Waals surface area contributed by atoms with Crippen LogP contribution in [0.1, 0.15) is 32.7 Å². The molecule has 0 atom stereocenters. The molecule has 7 nitrogen and oxygen atoms in total. The lowest BCUT2D eigenvalue weighted by Gasteiger charge is -2.07. The Morgan fingerprint density at radius 3 is 2.75 bits per heavy atom. The van der Waals surface area contributed by atoms with Gasteiger partial charge in [-0.2, -0.15) is 5.10 Å². The number of pyridine rings is 1. The number of nitrogens with one attached hydrogen (secondary N) is 1. The second-order valence-corrected chi connectivity index (χ2v) is 9.17. The van der Waals surface area contributed by atoms with Crippen LogP contribution >= 0.6 is 23.1 Å². The van der Waals surface area contributed by atoms with E-state index < -0.39 is 0 Å². The fourth-order valence-electron chi connectivity index (χ4n) is 2.95. The summed E-state index contributed by atoms with van der Waals surface area (Å²) in [4.78, 5) is 21.0. The normalized spacial score (nSPS) is 11.3. The van der Waals surface area contributed by atoms with Crippen molar-refractivity contribution in [2.45, 2.75) is 23.6 Å². The maximum atomic E-state index is 12.4. The predicted octanol–water partition coefficient (Wildman–Crippen LogP) is 4.25. The Kier molecular flexibility index (Phi) is 6.79. The molecule has 0 saturated heterocycles. The molecule has 0 saturated carbocycles. The Morgan fingerprint density at radius 2 is 2.00 bits per heavy atom. The molecule has 9 heteroatoms. The van der Waals surface area contributed by atoms with Gasteiger partial charge >= 0.3 is 0 Å². The number of amides is 1. The van der Waals surface area contributed by atoms with Crippen LogP contribution in [0, 0.1) is 6.92 Å². The molecule has 2 heterocycles. The summed E-state index contributed by atoms with van der Waals surface area (Å²) < 4.78 is 2.18. The van der Waals surface area contributed by atoms with E-state index >= 15 is 0 Å². The molecule has 32 heavy (non-hydrogen) atoms. The number of carbonyl (C=O) groups excluding carboxylic acids is 1. The van der Waals surface area contributed by atoms with Crippen LogP contribution in [0.2, 0.25) is 0 Å². The van der Waals surface area contributed by atoms with Crippen molar-refractivity contribution >= 4 is 45.4 Å². The van der Waals surface area contributed by atoms with Crippen molar-refractivity contribution in [3.63, 3.8) is 0 Å². The molecule has 3 N–H and O–H groups in total. The molecule has 0 aliphatic rings. The van der Waals surface area contributed by atoms with Crippen LogP contribution in [0.5, 0.6) is 5.75 Å². The molecule has 162 valence electrons. The number of aryl methyl sites for hydroxylation is 1. The number of para-hydroxylation sites is 1. The number of carbonyl (C=O) groups is 1. The lowest BCUT2D eigenvalue weighted by Crippen LogP contribution is -2.17. The van der Waals surface area contributed by atoms with Crippen LogP contribution in [0.25, 0.3) is 10.2 Å². The van der Waals surface area contributed by atoms with Crippen LogP contribution in [0.15, 0.2) is 64.2 Å². The second kappa shape index (κ2) is 9.90. The standard InChI is InChI=1S/C23H20N4O3S2/c1-14-21(29)18(17(12-28)10-24-14)11-25-27-22(30)16-8-6-15(7-9-16)13-31-23-26-19-4-2-3-5-20(19)32-23/h2-11,28-29H,12-13H2,1H3,(H,27,30)/b25-11-. The van der Waals surface area contributed by atoms with Gasteiger partial charge in [0.2, 0.25) is 0 Å². The number of aromatic nitrogens is 2. The number of aliphatic hydroxyl groups excluding tert-OH is 1. The monoisotopic (exact) mass is 464 g/mol. The highest BCUT2D eigenvalue weighted by atomic mass is 32.2. The second-order valence-electron chi connectivity index (χ2n) is 6.92. The van der Waals surface area contributed by atoms with Gasteiger partial charge in [-0.15, -0.1) is 11.3 Å². The van der Waals surface area contributed by atoms with E-state index in [1.807, 2.05) is 30.3 Å².